The van der Waals surface area contributed by atoms with Crippen molar-refractivity contribution >= 4 is 5.91 Å². The fourth-order valence-electron chi connectivity index (χ4n) is 1.55. The Hall–Kier alpha value is -1.62. The standard InChI is InChI=1S/C12H18N2O3/c1-2-9(6-7-15)8-13-12(17)10-4-3-5-11(16)14-10/h3-5,9,15H,2,6-8H2,1H3,(H,13,17)(H,14,16). The topological polar surface area (TPSA) is 82.2 Å². The largest absolute Gasteiger partial charge is 0.396 e. The first kappa shape index (κ1) is 13.4. The molecule has 0 aliphatic rings. The van der Waals surface area contributed by atoms with Crippen molar-refractivity contribution in [3.05, 3.63) is 34.2 Å². The third kappa shape index (κ3) is 4.40. The zero-order valence-corrected chi connectivity index (χ0v) is 9.90. The summed E-state index contributed by atoms with van der Waals surface area (Å²) >= 11 is 0. The molecular formula is C12H18N2O3. The maximum atomic E-state index is 11.7. The summed E-state index contributed by atoms with van der Waals surface area (Å²) in [7, 11) is 0. The van der Waals surface area contributed by atoms with Gasteiger partial charge >= 0.3 is 0 Å². The Bertz CT molecular complexity index is 414. The zero-order chi connectivity index (χ0) is 12.7. The van der Waals surface area contributed by atoms with Gasteiger partial charge in [-0.2, -0.15) is 0 Å². The van der Waals surface area contributed by atoms with Crippen LogP contribution in [-0.4, -0.2) is 29.1 Å². The van der Waals surface area contributed by atoms with Crippen molar-refractivity contribution in [1.82, 2.24) is 10.3 Å². The molecule has 1 rings (SSSR count). The van der Waals surface area contributed by atoms with Gasteiger partial charge in [-0.05, 0) is 18.4 Å². The van der Waals surface area contributed by atoms with E-state index in [1.54, 1.807) is 12.1 Å². The van der Waals surface area contributed by atoms with E-state index < -0.39 is 0 Å². The summed E-state index contributed by atoms with van der Waals surface area (Å²) < 4.78 is 0. The molecule has 94 valence electrons. The summed E-state index contributed by atoms with van der Waals surface area (Å²) in [5.41, 5.74) is -0.0311. The van der Waals surface area contributed by atoms with Crippen LogP contribution in [0, 0.1) is 5.92 Å². The number of aliphatic hydroxyl groups is 1. The van der Waals surface area contributed by atoms with Crippen LogP contribution in [0.2, 0.25) is 0 Å². The molecule has 0 aliphatic heterocycles. The Balaban J connectivity index is 2.52. The quantitative estimate of drug-likeness (QED) is 0.675. The Morgan fingerprint density at radius 3 is 2.88 bits per heavy atom. The monoisotopic (exact) mass is 238 g/mol. The van der Waals surface area contributed by atoms with E-state index in [-0.39, 0.29) is 29.7 Å². The number of aromatic amines is 1. The molecule has 17 heavy (non-hydrogen) atoms. The molecule has 0 saturated carbocycles. The Kier molecular flexibility index (Phi) is 5.42. The van der Waals surface area contributed by atoms with Gasteiger partial charge < -0.3 is 15.4 Å². The maximum Gasteiger partial charge on any atom is 0.267 e. The van der Waals surface area contributed by atoms with Crippen molar-refractivity contribution in [2.24, 2.45) is 5.92 Å². The van der Waals surface area contributed by atoms with E-state index in [4.69, 9.17) is 5.11 Å². The molecule has 1 unspecified atom stereocenters. The van der Waals surface area contributed by atoms with E-state index in [0.29, 0.717) is 13.0 Å². The molecular weight excluding hydrogens is 220 g/mol. The van der Waals surface area contributed by atoms with Crippen molar-refractivity contribution in [2.75, 3.05) is 13.2 Å². The highest BCUT2D eigenvalue weighted by atomic mass is 16.3. The molecule has 3 N–H and O–H groups in total. The van der Waals surface area contributed by atoms with Crippen molar-refractivity contribution < 1.29 is 9.90 Å². The lowest BCUT2D eigenvalue weighted by atomic mass is 10.0. The molecule has 1 atom stereocenters. The van der Waals surface area contributed by atoms with Gasteiger partial charge in [0.25, 0.3) is 5.91 Å². The fraction of sp³-hybridized carbons (Fsp3) is 0.500. The van der Waals surface area contributed by atoms with Gasteiger partial charge in [0.1, 0.15) is 5.69 Å². The normalized spacial score (nSPS) is 12.1. The van der Waals surface area contributed by atoms with E-state index in [9.17, 15) is 9.59 Å². The lowest BCUT2D eigenvalue weighted by Gasteiger charge is -2.14. The second-order valence-electron chi connectivity index (χ2n) is 3.93. The fourth-order valence-corrected chi connectivity index (χ4v) is 1.55. The Morgan fingerprint density at radius 1 is 1.53 bits per heavy atom. The average molecular weight is 238 g/mol. The van der Waals surface area contributed by atoms with Crippen molar-refractivity contribution in [3.63, 3.8) is 0 Å². The Morgan fingerprint density at radius 2 is 2.29 bits per heavy atom. The highest BCUT2D eigenvalue weighted by molar-refractivity contribution is 5.92. The SMILES string of the molecule is CCC(CCO)CNC(=O)c1cccc(=O)[nH]1. The predicted molar refractivity (Wildman–Crippen MR) is 64.9 cm³/mol. The van der Waals surface area contributed by atoms with Crippen LogP contribution < -0.4 is 10.9 Å². The lowest BCUT2D eigenvalue weighted by molar-refractivity contribution is 0.0938. The molecule has 0 bridgehead atoms. The summed E-state index contributed by atoms with van der Waals surface area (Å²) in [4.78, 5) is 25.2. The molecule has 1 amide bonds. The molecule has 0 aromatic carbocycles. The van der Waals surface area contributed by atoms with Crippen molar-refractivity contribution in [1.29, 1.82) is 0 Å². The van der Waals surface area contributed by atoms with E-state index in [1.165, 1.54) is 6.07 Å². The van der Waals surface area contributed by atoms with Crippen molar-refractivity contribution in [3.8, 4) is 0 Å². The van der Waals surface area contributed by atoms with Crippen LogP contribution in [0.3, 0.4) is 0 Å². The average Bonchev–Trinajstić information content (AvgIpc) is 2.34. The zero-order valence-electron chi connectivity index (χ0n) is 9.90. The molecule has 1 aromatic heterocycles. The van der Waals surface area contributed by atoms with Gasteiger partial charge in [0.15, 0.2) is 0 Å². The van der Waals surface area contributed by atoms with E-state index in [2.05, 4.69) is 10.3 Å². The number of aliphatic hydroxyl groups excluding tert-OH is 1. The first-order valence-corrected chi connectivity index (χ1v) is 5.75. The van der Waals surface area contributed by atoms with Crippen LogP contribution in [0.5, 0.6) is 0 Å². The molecule has 1 heterocycles. The van der Waals surface area contributed by atoms with Gasteiger partial charge in [-0.3, -0.25) is 9.59 Å². The smallest absolute Gasteiger partial charge is 0.267 e. The number of hydrogen-bond acceptors (Lipinski definition) is 3. The lowest BCUT2D eigenvalue weighted by Crippen LogP contribution is -2.31. The first-order valence-electron chi connectivity index (χ1n) is 5.75. The maximum absolute atomic E-state index is 11.7. The summed E-state index contributed by atoms with van der Waals surface area (Å²) in [5, 5.41) is 11.6. The third-order valence-electron chi connectivity index (χ3n) is 2.68. The van der Waals surface area contributed by atoms with Crippen molar-refractivity contribution in [2.45, 2.75) is 19.8 Å². The summed E-state index contributed by atoms with van der Waals surface area (Å²) in [6.07, 6.45) is 1.56. The van der Waals surface area contributed by atoms with Gasteiger partial charge in [-0.15, -0.1) is 0 Å². The number of amides is 1. The van der Waals surface area contributed by atoms with Crippen LogP contribution in [0.25, 0.3) is 0 Å². The highest BCUT2D eigenvalue weighted by Crippen LogP contribution is 2.05. The molecule has 5 nitrogen and oxygen atoms in total. The molecule has 0 saturated heterocycles. The highest BCUT2D eigenvalue weighted by Gasteiger charge is 2.10. The van der Waals surface area contributed by atoms with Crippen LogP contribution in [0.1, 0.15) is 30.3 Å². The number of rotatable bonds is 6. The summed E-state index contributed by atoms with van der Waals surface area (Å²) in [5.74, 6) is -0.0292. The molecule has 0 aliphatic carbocycles. The minimum Gasteiger partial charge on any atom is -0.396 e. The molecule has 0 spiro atoms. The van der Waals surface area contributed by atoms with E-state index in [1.807, 2.05) is 6.92 Å². The van der Waals surface area contributed by atoms with Crippen LogP contribution in [-0.2, 0) is 0 Å². The minimum atomic E-state index is -0.293. The molecule has 0 fully saturated rings. The second-order valence-corrected chi connectivity index (χ2v) is 3.93. The molecule has 5 heteroatoms. The van der Waals surface area contributed by atoms with Gasteiger partial charge in [0.2, 0.25) is 5.56 Å². The number of aromatic nitrogens is 1. The minimum absolute atomic E-state index is 0.122. The number of nitrogens with one attached hydrogen (secondary N) is 2. The second kappa shape index (κ2) is 6.85. The third-order valence-corrected chi connectivity index (χ3v) is 2.68. The van der Waals surface area contributed by atoms with Crippen LogP contribution >= 0.6 is 0 Å². The van der Waals surface area contributed by atoms with Gasteiger partial charge in [0, 0.05) is 19.2 Å². The van der Waals surface area contributed by atoms with E-state index >= 15 is 0 Å². The van der Waals surface area contributed by atoms with E-state index in [0.717, 1.165) is 6.42 Å². The van der Waals surface area contributed by atoms with Gasteiger partial charge in [-0.1, -0.05) is 19.4 Å². The molecule has 1 aromatic rings. The number of carbonyl (C=O) groups excluding carboxylic acids is 1. The summed E-state index contributed by atoms with van der Waals surface area (Å²) in [6.45, 7) is 2.64. The van der Waals surface area contributed by atoms with Crippen LogP contribution in [0.15, 0.2) is 23.0 Å². The number of hydrogen-bond donors (Lipinski definition) is 3. The number of carbonyl (C=O) groups is 1. The predicted octanol–water partition coefficient (Wildman–Crippen LogP) is 0.513. The van der Waals surface area contributed by atoms with Crippen LogP contribution in [0.4, 0.5) is 0 Å². The Labute approximate surface area is 99.9 Å². The first-order chi connectivity index (χ1) is 8.17. The number of pyridine rings is 1. The van der Waals surface area contributed by atoms with Gasteiger partial charge in [-0.25, -0.2) is 0 Å². The molecule has 0 radical (unpaired) electrons. The number of H-pyrrole nitrogens is 1. The summed E-state index contributed by atoms with van der Waals surface area (Å²) in [6, 6.07) is 4.46. The van der Waals surface area contributed by atoms with Gasteiger partial charge in [0.05, 0.1) is 0 Å².